The number of fused-ring (bicyclic) bond motifs is 1. The van der Waals surface area contributed by atoms with Gasteiger partial charge < -0.3 is 20.0 Å². The van der Waals surface area contributed by atoms with Crippen LogP contribution in [0.25, 0.3) is 0 Å². The molecule has 7 heteroatoms. The largest absolute Gasteiger partial charge is 0.354 e. The normalized spacial score (nSPS) is 17.5. The summed E-state index contributed by atoms with van der Waals surface area (Å²) in [4.78, 5) is 16.3. The quantitative estimate of drug-likeness (QED) is 0.394. The van der Waals surface area contributed by atoms with Gasteiger partial charge in [-0.2, -0.15) is 0 Å². The van der Waals surface area contributed by atoms with Crippen molar-refractivity contribution >= 4 is 35.8 Å². The fourth-order valence-electron chi connectivity index (χ4n) is 4.05. The highest BCUT2D eigenvalue weighted by Gasteiger charge is 2.20. The van der Waals surface area contributed by atoms with Crippen LogP contribution in [0.4, 0.5) is 5.82 Å². The first kappa shape index (κ1) is 21.8. The number of benzene rings is 1. The summed E-state index contributed by atoms with van der Waals surface area (Å²) in [5.41, 5.74) is 4.08. The second-order valence-corrected chi connectivity index (χ2v) is 7.62. The van der Waals surface area contributed by atoms with Crippen LogP contribution in [0.1, 0.15) is 16.7 Å². The Kier molecular flexibility index (Phi) is 7.71. The van der Waals surface area contributed by atoms with Crippen molar-refractivity contribution in [1.29, 1.82) is 0 Å². The van der Waals surface area contributed by atoms with Crippen LogP contribution in [0, 0.1) is 0 Å². The van der Waals surface area contributed by atoms with E-state index >= 15 is 0 Å². The van der Waals surface area contributed by atoms with Gasteiger partial charge in [-0.1, -0.05) is 30.3 Å². The van der Waals surface area contributed by atoms with Gasteiger partial charge in [-0.05, 0) is 30.7 Å². The molecule has 29 heavy (non-hydrogen) atoms. The van der Waals surface area contributed by atoms with E-state index in [9.17, 15) is 0 Å². The summed E-state index contributed by atoms with van der Waals surface area (Å²) in [6, 6.07) is 12.9. The minimum Gasteiger partial charge on any atom is -0.354 e. The van der Waals surface area contributed by atoms with Crippen LogP contribution in [-0.4, -0.2) is 67.6 Å². The monoisotopic (exact) mass is 506 g/mol. The SMILES string of the molecule is CN=C(NCc1cccnc1N1CCN(C)CC1)N1CCc2ccccc2C1.I. The Balaban J connectivity index is 0.00000240. The van der Waals surface area contributed by atoms with Gasteiger partial charge in [0, 0.05) is 64.6 Å². The lowest BCUT2D eigenvalue weighted by atomic mass is 10.0. The van der Waals surface area contributed by atoms with Gasteiger partial charge in [-0.25, -0.2) is 4.98 Å². The Morgan fingerprint density at radius 3 is 2.55 bits per heavy atom. The summed E-state index contributed by atoms with van der Waals surface area (Å²) in [5.74, 6) is 2.06. The van der Waals surface area contributed by atoms with Gasteiger partial charge >= 0.3 is 0 Å². The number of pyridine rings is 1. The number of rotatable bonds is 3. The van der Waals surface area contributed by atoms with E-state index in [2.05, 4.69) is 67.4 Å². The maximum atomic E-state index is 4.69. The van der Waals surface area contributed by atoms with Crippen LogP contribution in [-0.2, 0) is 19.5 Å². The number of guanidine groups is 1. The van der Waals surface area contributed by atoms with E-state index in [1.165, 1.54) is 16.7 Å². The van der Waals surface area contributed by atoms with E-state index in [1.807, 2.05) is 19.3 Å². The third-order valence-corrected chi connectivity index (χ3v) is 5.75. The molecule has 3 heterocycles. The fourth-order valence-corrected chi connectivity index (χ4v) is 4.05. The molecule has 4 rings (SSSR count). The molecule has 0 radical (unpaired) electrons. The van der Waals surface area contributed by atoms with Crippen LogP contribution in [0.5, 0.6) is 0 Å². The summed E-state index contributed by atoms with van der Waals surface area (Å²) in [5, 5.41) is 3.57. The van der Waals surface area contributed by atoms with Gasteiger partial charge in [0.2, 0.25) is 0 Å². The average molecular weight is 506 g/mol. The van der Waals surface area contributed by atoms with Crippen molar-refractivity contribution in [3.8, 4) is 0 Å². The third-order valence-electron chi connectivity index (χ3n) is 5.75. The molecule has 0 saturated carbocycles. The van der Waals surface area contributed by atoms with Crippen molar-refractivity contribution in [2.45, 2.75) is 19.5 Å². The first-order chi connectivity index (χ1) is 13.7. The van der Waals surface area contributed by atoms with E-state index < -0.39 is 0 Å². The number of halogens is 1. The molecule has 0 aliphatic carbocycles. The average Bonchev–Trinajstić information content (AvgIpc) is 2.75. The van der Waals surface area contributed by atoms with Crippen molar-refractivity contribution in [3.05, 3.63) is 59.3 Å². The fraction of sp³-hybridized carbons (Fsp3) is 0.455. The van der Waals surface area contributed by atoms with Crippen molar-refractivity contribution in [2.75, 3.05) is 51.7 Å². The van der Waals surface area contributed by atoms with Crippen LogP contribution < -0.4 is 10.2 Å². The van der Waals surface area contributed by atoms with Gasteiger partial charge in [-0.3, -0.25) is 4.99 Å². The zero-order chi connectivity index (χ0) is 19.3. The topological polar surface area (TPSA) is 47.0 Å². The van der Waals surface area contributed by atoms with E-state index in [-0.39, 0.29) is 24.0 Å². The first-order valence-electron chi connectivity index (χ1n) is 10.1. The molecule has 2 aliphatic heterocycles. The van der Waals surface area contributed by atoms with E-state index in [0.29, 0.717) is 0 Å². The molecule has 1 saturated heterocycles. The molecule has 156 valence electrons. The zero-order valence-corrected chi connectivity index (χ0v) is 19.7. The molecule has 0 amide bonds. The number of likely N-dealkylation sites (N-methyl/N-ethyl adjacent to an activating group) is 1. The lowest BCUT2D eigenvalue weighted by molar-refractivity contribution is 0.311. The molecule has 2 aromatic rings. The molecule has 1 N–H and O–H groups in total. The van der Waals surface area contributed by atoms with Crippen molar-refractivity contribution in [3.63, 3.8) is 0 Å². The lowest BCUT2D eigenvalue weighted by Gasteiger charge is -2.34. The van der Waals surface area contributed by atoms with Crippen LogP contribution in [0.3, 0.4) is 0 Å². The lowest BCUT2D eigenvalue weighted by Crippen LogP contribution is -2.46. The Morgan fingerprint density at radius 2 is 1.79 bits per heavy atom. The first-order valence-corrected chi connectivity index (χ1v) is 10.1. The minimum atomic E-state index is 0. The molecule has 1 aromatic heterocycles. The second kappa shape index (κ2) is 10.2. The predicted molar refractivity (Wildman–Crippen MR) is 130 cm³/mol. The number of anilines is 1. The summed E-state index contributed by atoms with van der Waals surface area (Å²) >= 11 is 0. The van der Waals surface area contributed by atoms with Crippen LogP contribution in [0.15, 0.2) is 47.6 Å². The standard InChI is InChI=1S/C22H30N6.HI/c1-23-22(28-11-9-18-6-3-4-7-20(18)17-28)25-16-19-8-5-10-24-21(19)27-14-12-26(2)13-15-27;/h3-8,10H,9,11-17H2,1-2H3,(H,23,25);1H. The molecule has 6 nitrogen and oxygen atoms in total. The molecule has 0 bridgehead atoms. The maximum Gasteiger partial charge on any atom is 0.194 e. The Bertz CT molecular complexity index is 832. The third kappa shape index (κ3) is 5.19. The maximum absolute atomic E-state index is 4.69. The molecule has 0 unspecified atom stereocenters. The summed E-state index contributed by atoms with van der Waals surface area (Å²) in [6.45, 7) is 6.86. The predicted octanol–water partition coefficient (Wildman–Crippen LogP) is 2.59. The molecule has 2 aliphatic rings. The Morgan fingerprint density at radius 1 is 1.03 bits per heavy atom. The van der Waals surface area contributed by atoms with E-state index in [0.717, 1.165) is 64.0 Å². The van der Waals surface area contributed by atoms with Gasteiger partial charge in [-0.15, -0.1) is 24.0 Å². The molecule has 1 fully saturated rings. The minimum absolute atomic E-state index is 0. The molecule has 1 aromatic carbocycles. The smallest absolute Gasteiger partial charge is 0.194 e. The van der Waals surface area contributed by atoms with Crippen molar-refractivity contribution in [2.24, 2.45) is 4.99 Å². The van der Waals surface area contributed by atoms with Crippen LogP contribution >= 0.6 is 24.0 Å². The highest BCUT2D eigenvalue weighted by molar-refractivity contribution is 14.0. The summed E-state index contributed by atoms with van der Waals surface area (Å²) in [6.07, 6.45) is 2.96. The van der Waals surface area contributed by atoms with Crippen molar-refractivity contribution in [1.82, 2.24) is 20.1 Å². The van der Waals surface area contributed by atoms with Gasteiger partial charge in [0.05, 0.1) is 0 Å². The number of hydrogen-bond acceptors (Lipinski definition) is 4. The van der Waals surface area contributed by atoms with Crippen molar-refractivity contribution < 1.29 is 0 Å². The van der Waals surface area contributed by atoms with E-state index in [1.54, 1.807) is 0 Å². The second-order valence-electron chi connectivity index (χ2n) is 7.62. The molecular weight excluding hydrogens is 475 g/mol. The highest BCUT2D eigenvalue weighted by atomic mass is 127. The van der Waals surface area contributed by atoms with Crippen LogP contribution in [0.2, 0.25) is 0 Å². The molecule has 0 atom stereocenters. The number of aromatic nitrogens is 1. The van der Waals surface area contributed by atoms with Gasteiger partial charge in [0.15, 0.2) is 5.96 Å². The summed E-state index contributed by atoms with van der Waals surface area (Å²) < 4.78 is 0. The number of aliphatic imine (C=N–C) groups is 1. The Labute approximate surface area is 191 Å². The molecular formula is C22H31IN6. The number of nitrogens with one attached hydrogen (secondary N) is 1. The highest BCUT2D eigenvalue weighted by Crippen LogP contribution is 2.20. The van der Waals surface area contributed by atoms with Gasteiger partial charge in [0.25, 0.3) is 0 Å². The number of piperazine rings is 1. The zero-order valence-electron chi connectivity index (χ0n) is 17.3. The number of nitrogens with zero attached hydrogens (tertiary/aromatic N) is 5. The van der Waals surface area contributed by atoms with Gasteiger partial charge in [0.1, 0.15) is 5.82 Å². The Hall–Kier alpha value is -1.87. The molecule has 0 spiro atoms. The van der Waals surface area contributed by atoms with E-state index in [4.69, 9.17) is 0 Å². The summed E-state index contributed by atoms with van der Waals surface area (Å²) in [7, 11) is 4.05. The number of hydrogen-bond donors (Lipinski definition) is 1.